The molecule has 6 nitrogen and oxygen atoms in total. The molecule has 31 heavy (non-hydrogen) atoms. The molecular formula is C24H25FN4O2. The van der Waals surface area contributed by atoms with E-state index < -0.39 is 6.04 Å². The molecule has 0 spiro atoms. The van der Waals surface area contributed by atoms with Crippen LogP contribution in [-0.4, -0.2) is 29.0 Å². The molecule has 1 aliphatic heterocycles. The molecule has 7 heteroatoms. The highest BCUT2D eigenvalue weighted by Gasteiger charge is 2.20. The van der Waals surface area contributed by atoms with Gasteiger partial charge in [-0.15, -0.1) is 0 Å². The summed E-state index contributed by atoms with van der Waals surface area (Å²) in [5.41, 5.74) is 2.02. The lowest BCUT2D eigenvalue weighted by atomic mass is 10.0. The van der Waals surface area contributed by atoms with Crippen molar-refractivity contribution in [2.24, 2.45) is 0 Å². The van der Waals surface area contributed by atoms with Crippen molar-refractivity contribution in [3.8, 4) is 0 Å². The Morgan fingerprint density at radius 3 is 2.52 bits per heavy atom. The smallest absolute Gasteiger partial charge is 0.252 e. The predicted octanol–water partition coefficient (Wildman–Crippen LogP) is 3.15. The second-order valence-corrected chi connectivity index (χ2v) is 7.79. The SMILES string of the molecule is O=C(Cc1ccccc1)NC(Cc1cc(=O)[nH]c(N2CCCC2)n1)c1ccc(F)cc1. The Morgan fingerprint density at radius 1 is 1.10 bits per heavy atom. The molecule has 0 radical (unpaired) electrons. The van der Waals surface area contributed by atoms with Gasteiger partial charge >= 0.3 is 0 Å². The fraction of sp³-hybridized carbons (Fsp3) is 0.292. The van der Waals surface area contributed by atoms with Crippen molar-refractivity contribution in [1.29, 1.82) is 0 Å². The van der Waals surface area contributed by atoms with Crippen molar-refractivity contribution >= 4 is 11.9 Å². The summed E-state index contributed by atoms with van der Waals surface area (Å²) in [5, 5.41) is 3.03. The van der Waals surface area contributed by atoms with Crippen LogP contribution in [0.1, 0.15) is 35.7 Å². The molecule has 1 saturated heterocycles. The zero-order chi connectivity index (χ0) is 21.6. The van der Waals surface area contributed by atoms with Gasteiger partial charge in [0.15, 0.2) is 0 Å². The third kappa shape index (κ3) is 5.57. The monoisotopic (exact) mass is 420 g/mol. The van der Waals surface area contributed by atoms with E-state index in [0.717, 1.165) is 37.1 Å². The maximum Gasteiger partial charge on any atom is 0.252 e. The summed E-state index contributed by atoms with van der Waals surface area (Å²) < 4.78 is 13.5. The summed E-state index contributed by atoms with van der Waals surface area (Å²) in [6.07, 6.45) is 2.71. The number of carbonyl (C=O) groups is 1. The second-order valence-electron chi connectivity index (χ2n) is 7.79. The minimum absolute atomic E-state index is 0.148. The van der Waals surface area contributed by atoms with Crippen LogP contribution < -0.4 is 15.8 Å². The highest BCUT2D eigenvalue weighted by Crippen LogP contribution is 2.20. The minimum Gasteiger partial charge on any atom is -0.349 e. The third-order valence-corrected chi connectivity index (χ3v) is 5.42. The number of halogens is 1. The average Bonchev–Trinajstić information content (AvgIpc) is 3.29. The van der Waals surface area contributed by atoms with Gasteiger partial charge in [-0.3, -0.25) is 14.6 Å². The van der Waals surface area contributed by atoms with Crippen molar-refractivity contribution in [3.05, 3.63) is 93.7 Å². The minimum atomic E-state index is -0.433. The fourth-order valence-corrected chi connectivity index (χ4v) is 3.86. The summed E-state index contributed by atoms with van der Waals surface area (Å²) in [4.78, 5) is 34.5. The highest BCUT2D eigenvalue weighted by atomic mass is 19.1. The van der Waals surface area contributed by atoms with Crippen LogP contribution in [0.2, 0.25) is 0 Å². The molecular weight excluding hydrogens is 395 g/mol. The lowest BCUT2D eigenvalue weighted by Crippen LogP contribution is -2.32. The third-order valence-electron chi connectivity index (χ3n) is 5.42. The summed E-state index contributed by atoms with van der Waals surface area (Å²) >= 11 is 0. The Hall–Kier alpha value is -3.48. The van der Waals surface area contributed by atoms with Gasteiger partial charge in [0.1, 0.15) is 5.82 Å². The van der Waals surface area contributed by atoms with Crippen molar-refractivity contribution < 1.29 is 9.18 Å². The number of nitrogens with zero attached hydrogens (tertiary/aromatic N) is 2. The van der Waals surface area contributed by atoms with Crippen LogP contribution >= 0.6 is 0 Å². The van der Waals surface area contributed by atoms with Crippen LogP contribution in [0.3, 0.4) is 0 Å². The van der Waals surface area contributed by atoms with Crippen molar-refractivity contribution in [3.63, 3.8) is 0 Å². The summed E-state index contributed by atoms with van der Waals surface area (Å²) in [5.74, 6) is 0.0716. The van der Waals surface area contributed by atoms with Gasteiger partial charge < -0.3 is 10.2 Å². The Kier molecular flexibility index (Phi) is 6.40. The predicted molar refractivity (Wildman–Crippen MR) is 117 cm³/mol. The van der Waals surface area contributed by atoms with Crippen LogP contribution in [0.4, 0.5) is 10.3 Å². The fourth-order valence-electron chi connectivity index (χ4n) is 3.86. The van der Waals surface area contributed by atoms with E-state index in [1.165, 1.54) is 18.2 Å². The first-order chi connectivity index (χ1) is 15.1. The van der Waals surface area contributed by atoms with Gasteiger partial charge in [-0.05, 0) is 36.1 Å². The number of benzene rings is 2. The quantitative estimate of drug-likeness (QED) is 0.616. The first-order valence-electron chi connectivity index (χ1n) is 10.5. The molecule has 1 unspecified atom stereocenters. The van der Waals surface area contributed by atoms with Crippen LogP contribution in [0, 0.1) is 5.82 Å². The molecule has 2 aromatic carbocycles. The number of nitrogens with one attached hydrogen (secondary N) is 2. The Morgan fingerprint density at radius 2 is 1.81 bits per heavy atom. The molecule has 1 atom stereocenters. The number of amides is 1. The average molecular weight is 420 g/mol. The summed E-state index contributed by atoms with van der Waals surface area (Å²) in [6.45, 7) is 1.73. The number of aromatic amines is 1. The Bertz CT molecular complexity index is 1080. The number of aromatic nitrogens is 2. The van der Waals surface area contributed by atoms with Crippen molar-refractivity contribution in [2.75, 3.05) is 18.0 Å². The van der Waals surface area contributed by atoms with Gasteiger partial charge in [0, 0.05) is 25.6 Å². The normalized spacial score (nSPS) is 14.4. The molecule has 2 N–H and O–H groups in total. The maximum atomic E-state index is 13.5. The molecule has 4 rings (SSSR count). The lowest BCUT2D eigenvalue weighted by molar-refractivity contribution is -0.121. The first-order valence-corrected chi connectivity index (χ1v) is 10.5. The van der Waals surface area contributed by atoms with Crippen LogP contribution in [0.15, 0.2) is 65.5 Å². The Labute approximate surface area is 180 Å². The number of anilines is 1. The van der Waals surface area contributed by atoms with E-state index in [1.54, 1.807) is 12.1 Å². The molecule has 1 fully saturated rings. The Balaban J connectivity index is 1.56. The lowest BCUT2D eigenvalue weighted by Gasteiger charge is -2.21. The van der Waals surface area contributed by atoms with E-state index in [-0.39, 0.29) is 23.7 Å². The van der Waals surface area contributed by atoms with Gasteiger partial charge in [0.25, 0.3) is 5.56 Å². The summed E-state index contributed by atoms with van der Waals surface area (Å²) in [6, 6.07) is 16.5. The van der Waals surface area contributed by atoms with E-state index in [1.807, 2.05) is 30.3 Å². The number of carbonyl (C=O) groups excluding carboxylic acids is 1. The van der Waals surface area contributed by atoms with E-state index in [0.29, 0.717) is 18.1 Å². The molecule has 1 aliphatic rings. The van der Waals surface area contributed by atoms with Crippen LogP contribution in [0.25, 0.3) is 0 Å². The summed E-state index contributed by atoms with van der Waals surface area (Å²) in [7, 11) is 0. The maximum absolute atomic E-state index is 13.5. The van der Waals surface area contributed by atoms with E-state index in [2.05, 4.69) is 20.2 Å². The molecule has 3 aromatic rings. The number of rotatable bonds is 7. The molecule has 1 amide bonds. The van der Waals surface area contributed by atoms with Crippen molar-refractivity contribution in [1.82, 2.24) is 15.3 Å². The second kappa shape index (κ2) is 9.55. The van der Waals surface area contributed by atoms with Gasteiger partial charge in [0.05, 0.1) is 18.2 Å². The number of hydrogen-bond donors (Lipinski definition) is 2. The highest BCUT2D eigenvalue weighted by molar-refractivity contribution is 5.79. The van der Waals surface area contributed by atoms with E-state index >= 15 is 0 Å². The van der Waals surface area contributed by atoms with Gasteiger partial charge in [-0.1, -0.05) is 42.5 Å². The van der Waals surface area contributed by atoms with Crippen molar-refractivity contribution in [2.45, 2.75) is 31.7 Å². The molecule has 160 valence electrons. The molecule has 0 aliphatic carbocycles. The van der Waals surface area contributed by atoms with E-state index in [4.69, 9.17) is 0 Å². The van der Waals surface area contributed by atoms with Crippen LogP contribution in [0.5, 0.6) is 0 Å². The standard InChI is InChI=1S/C24H25FN4O2/c25-19-10-8-18(9-11-19)21(27-22(30)14-17-6-2-1-3-7-17)15-20-16-23(31)28-24(26-20)29-12-4-5-13-29/h1-3,6-11,16,21H,4-5,12-15H2,(H,27,30)(H,26,28,31). The zero-order valence-electron chi connectivity index (χ0n) is 17.2. The number of H-pyrrole nitrogens is 1. The molecule has 1 aromatic heterocycles. The van der Waals surface area contributed by atoms with Gasteiger partial charge in [-0.25, -0.2) is 9.37 Å². The number of hydrogen-bond acceptors (Lipinski definition) is 4. The van der Waals surface area contributed by atoms with Gasteiger partial charge in [0.2, 0.25) is 11.9 Å². The van der Waals surface area contributed by atoms with Gasteiger partial charge in [-0.2, -0.15) is 0 Å². The topological polar surface area (TPSA) is 78.1 Å². The largest absolute Gasteiger partial charge is 0.349 e. The van der Waals surface area contributed by atoms with E-state index in [9.17, 15) is 14.0 Å². The molecule has 0 saturated carbocycles. The molecule has 0 bridgehead atoms. The van der Waals surface area contributed by atoms with Crippen LogP contribution in [-0.2, 0) is 17.6 Å². The first kappa shape index (κ1) is 20.8. The zero-order valence-corrected chi connectivity index (χ0v) is 17.2. The molecule has 2 heterocycles.